The minimum atomic E-state index is -4.35. The third kappa shape index (κ3) is 4.60. The van der Waals surface area contributed by atoms with E-state index in [-0.39, 0.29) is 12.1 Å². The van der Waals surface area contributed by atoms with Crippen LogP contribution in [0.25, 0.3) is 10.4 Å². The summed E-state index contributed by atoms with van der Waals surface area (Å²) in [6.07, 6.45) is -2.59. The lowest BCUT2D eigenvalue weighted by atomic mass is 10.1. The molecule has 1 N–H and O–H groups in total. The van der Waals surface area contributed by atoms with Gasteiger partial charge in [-0.3, -0.25) is 0 Å². The minimum absolute atomic E-state index is 0.130. The molecule has 0 aliphatic heterocycles. The second-order valence-corrected chi connectivity index (χ2v) is 6.94. The van der Waals surface area contributed by atoms with Crippen LogP contribution in [0.5, 0.6) is 0 Å². The second-order valence-electron chi connectivity index (χ2n) is 5.38. The van der Waals surface area contributed by atoms with Crippen LogP contribution in [0.1, 0.15) is 16.1 Å². The molecule has 2 aromatic carbocycles. The summed E-state index contributed by atoms with van der Waals surface area (Å²) in [6.45, 7) is 0.538. The summed E-state index contributed by atoms with van der Waals surface area (Å²) in [5.41, 5.74) is 0.628. The molecular formula is C18H14ClF3N2S. The molecule has 0 aliphatic rings. The fourth-order valence-electron chi connectivity index (χ4n) is 2.39. The topological polar surface area (TPSA) is 24.9 Å². The van der Waals surface area contributed by atoms with Crippen LogP contribution < -0.4 is 5.32 Å². The molecule has 0 amide bonds. The minimum Gasteiger partial charge on any atom is -0.306 e. The first-order valence-corrected chi connectivity index (χ1v) is 8.69. The predicted octanol–water partition coefficient (Wildman–Crippen LogP) is 5.77. The number of hydrogen-bond donors (Lipinski definition) is 1. The van der Waals surface area contributed by atoms with E-state index in [1.54, 1.807) is 12.3 Å². The number of halogens is 4. The van der Waals surface area contributed by atoms with Crippen molar-refractivity contribution in [2.45, 2.75) is 19.3 Å². The first kappa shape index (κ1) is 17.9. The summed E-state index contributed by atoms with van der Waals surface area (Å²) in [6, 6.07) is 13.0. The van der Waals surface area contributed by atoms with Gasteiger partial charge in [-0.05, 0) is 29.3 Å². The van der Waals surface area contributed by atoms with Gasteiger partial charge in [0, 0.05) is 24.3 Å². The molecular weight excluding hydrogens is 369 g/mol. The molecule has 0 radical (unpaired) electrons. The summed E-state index contributed by atoms with van der Waals surface area (Å²) in [5, 5.41) is 4.51. The Kier molecular flexibility index (Phi) is 5.42. The van der Waals surface area contributed by atoms with Gasteiger partial charge in [-0.1, -0.05) is 41.9 Å². The van der Waals surface area contributed by atoms with Crippen LogP contribution in [0.4, 0.5) is 13.2 Å². The van der Waals surface area contributed by atoms with E-state index in [0.29, 0.717) is 11.6 Å². The van der Waals surface area contributed by atoms with Gasteiger partial charge in [-0.15, -0.1) is 11.3 Å². The molecule has 0 spiro atoms. The lowest BCUT2D eigenvalue weighted by molar-refractivity contribution is -0.138. The van der Waals surface area contributed by atoms with Gasteiger partial charge in [0.1, 0.15) is 5.01 Å². The number of nitrogens with one attached hydrogen (secondary N) is 1. The Labute approximate surface area is 152 Å². The number of benzene rings is 2. The Bertz CT molecular complexity index is 844. The lowest BCUT2D eigenvalue weighted by Crippen LogP contribution is -2.17. The normalized spacial score (nSPS) is 11.7. The van der Waals surface area contributed by atoms with Gasteiger partial charge >= 0.3 is 6.18 Å². The van der Waals surface area contributed by atoms with E-state index in [9.17, 15) is 13.2 Å². The molecule has 0 bridgehead atoms. The summed E-state index contributed by atoms with van der Waals surface area (Å²) >= 11 is 7.37. The lowest BCUT2D eigenvalue weighted by Gasteiger charge is -2.12. The Morgan fingerprint density at radius 2 is 1.72 bits per heavy atom. The van der Waals surface area contributed by atoms with Gasteiger partial charge in [0.25, 0.3) is 0 Å². The Morgan fingerprint density at radius 1 is 1.00 bits per heavy atom. The van der Waals surface area contributed by atoms with Crippen LogP contribution in [-0.2, 0) is 19.3 Å². The van der Waals surface area contributed by atoms with Crippen molar-refractivity contribution in [3.8, 4) is 10.4 Å². The van der Waals surface area contributed by atoms with E-state index in [1.165, 1.54) is 23.5 Å². The highest BCUT2D eigenvalue weighted by molar-refractivity contribution is 7.15. The van der Waals surface area contributed by atoms with E-state index in [4.69, 9.17) is 11.6 Å². The fraction of sp³-hybridized carbons (Fsp3) is 0.167. The summed E-state index contributed by atoms with van der Waals surface area (Å²) in [4.78, 5) is 5.31. The Morgan fingerprint density at radius 3 is 2.44 bits per heavy atom. The number of rotatable bonds is 5. The first-order valence-electron chi connectivity index (χ1n) is 7.50. The highest BCUT2D eigenvalue weighted by atomic mass is 35.5. The second kappa shape index (κ2) is 7.56. The van der Waals surface area contributed by atoms with Gasteiger partial charge < -0.3 is 5.32 Å². The van der Waals surface area contributed by atoms with E-state index in [2.05, 4.69) is 10.3 Å². The third-order valence-electron chi connectivity index (χ3n) is 3.60. The zero-order valence-corrected chi connectivity index (χ0v) is 14.6. The maximum atomic E-state index is 13.0. The summed E-state index contributed by atoms with van der Waals surface area (Å²) < 4.78 is 38.9. The Balaban J connectivity index is 1.63. The molecule has 1 aromatic heterocycles. The number of aromatic nitrogens is 1. The molecule has 0 unspecified atom stereocenters. The van der Waals surface area contributed by atoms with Gasteiger partial charge in [-0.2, -0.15) is 13.2 Å². The average molecular weight is 383 g/mol. The standard InChI is InChI=1S/C18H14ClF3N2S/c19-14-7-5-12(6-8-14)16-10-24-17(25-16)11-23-9-13-3-1-2-4-15(13)18(20,21)22/h1-8,10,23H,9,11H2. The largest absolute Gasteiger partial charge is 0.416 e. The quantitative estimate of drug-likeness (QED) is 0.605. The van der Waals surface area contributed by atoms with Crippen LogP contribution in [0.15, 0.2) is 54.7 Å². The average Bonchev–Trinajstić information content (AvgIpc) is 3.04. The highest BCUT2D eigenvalue weighted by Crippen LogP contribution is 2.32. The molecule has 3 rings (SSSR count). The fourth-order valence-corrected chi connectivity index (χ4v) is 3.41. The maximum absolute atomic E-state index is 13.0. The van der Waals surface area contributed by atoms with Gasteiger partial charge in [0.2, 0.25) is 0 Å². The van der Waals surface area contributed by atoms with E-state index >= 15 is 0 Å². The van der Waals surface area contributed by atoms with Crippen molar-refractivity contribution in [2.75, 3.05) is 0 Å². The van der Waals surface area contributed by atoms with Crippen molar-refractivity contribution in [1.82, 2.24) is 10.3 Å². The number of nitrogens with zero attached hydrogens (tertiary/aromatic N) is 1. The molecule has 0 saturated heterocycles. The molecule has 130 valence electrons. The van der Waals surface area contributed by atoms with Crippen LogP contribution in [0.3, 0.4) is 0 Å². The molecule has 25 heavy (non-hydrogen) atoms. The maximum Gasteiger partial charge on any atom is 0.416 e. The van der Waals surface area contributed by atoms with E-state index in [0.717, 1.165) is 21.5 Å². The predicted molar refractivity (Wildman–Crippen MR) is 94.5 cm³/mol. The number of alkyl halides is 3. The molecule has 0 saturated carbocycles. The van der Waals surface area contributed by atoms with Crippen molar-refractivity contribution in [2.24, 2.45) is 0 Å². The smallest absolute Gasteiger partial charge is 0.306 e. The van der Waals surface area contributed by atoms with E-state index in [1.807, 2.05) is 24.3 Å². The number of hydrogen-bond acceptors (Lipinski definition) is 3. The van der Waals surface area contributed by atoms with Gasteiger partial charge in [0.05, 0.1) is 10.4 Å². The van der Waals surface area contributed by atoms with Crippen LogP contribution in [-0.4, -0.2) is 4.98 Å². The first-order chi connectivity index (χ1) is 11.9. The summed E-state index contributed by atoms with van der Waals surface area (Å²) in [5.74, 6) is 0. The SMILES string of the molecule is FC(F)(F)c1ccccc1CNCc1ncc(-c2ccc(Cl)cc2)s1. The molecule has 7 heteroatoms. The van der Waals surface area contributed by atoms with Crippen molar-refractivity contribution in [1.29, 1.82) is 0 Å². The van der Waals surface area contributed by atoms with Crippen LogP contribution in [0.2, 0.25) is 5.02 Å². The molecule has 0 fully saturated rings. The van der Waals surface area contributed by atoms with Crippen LogP contribution in [0, 0.1) is 0 Å². The van der Waals surface area contributed by atoms with Crippen molar-refractivity contribution in [3.05, 3.63) is 75.9 Å². The monoisotopic (exact) mass is 382 g/mol. The third-order valence-corrected chi connectivity index (χ3v) is 4.90. The van der Waals surface area contributed by atoms with Crippen LogP contribution >= 0.6 is 22.9 Å². The molecule has 3 aromatic rings. The van der Waals surface area contributed by atoms with Crippen molar-refractivity contribution in [3.63, 3.8) is 0 Å². The molecule has 1 heterocycles. The number of thiazole rings is 1. The van der Waals surface area contributed by atoms with Crippen molar-refractivity contribution < 1.29 is 13.2 Å². The molecule has 0 aliphatic carbocycles. The van der Waals surface area contributed by atoms with E-state index < -0.39 is 11.7 Å². The zero-order chi connectivity index (χ0) is 17.9. The Hall–Kier alpha value is -1.89. The van der Waals surface area contributed by atoms with Gasteiger partial charge in [0.15, 0.2) is 0 Å². The highest BCUT2D eigenvalue weighted by Gasteiger charge is 2.32. The molecule has 2 nitrogen and oxygen atoms in total. The molecule has 0 atom stereocenters. The summed E-state index contributed by atoms with van der Waals surface area (Å²) in [7, 11) is 0. The zero-order valence-electron chi connectivity index (χ0n) is 13.0. The van der Waals surface area contributed by atoms with Gasteiger partial charge in [-0.25, -0.2) is 4.98 Å². The van der Waals surface area contributed by atoms with Crippen molar-refractivity contribution >= 4 is 22.9 Å².